The minimum absolute atomic E-state index is 0.128. The van der Waals surface area contributed by atoms with Crippen LogP contribution in [0.25, 0.3) is 0 Å². The van der Waals surface area contributed by atoms with Crippen LogP contribution in [0.15, 0.2) is 0 Å². The second kappa shape index (κ2) is 14.5. The van der Waals surface area contributed by atoms with Crippen LogP contribution in [0.4, 0.5) is 0 Å². The molecule has 1 aliphatic carbocycles. The van der Waals surface area contributed by atoms with E-state index in [1.807, 2.05) is 14.7 Å². The number of methoxy groups -OCH3 is 1. The zero-order chi connectivity index (χ0) is 24.2. The van der Waals surface area contributed by atoms with Crippen molar-refractivity contribution >= 4 is 17.7 Å². The number of carbonyl (C=O) groups is 3. The molecule has 6 N–H and O–H groups in total. The summed E-state index contributed by atoms with van der Waals surface area (Å²) in [5, 5.41) is 0. The first-order chi connectivity index (χ1) is 15.7. The lowest BCUT2D eigenvalue weighted by molar-refractivity contribution is -0.121. The van der Waals surface area contributed by atoms with Gasteiger partial charge in [0.25, 0.3) is 0 Å². The highest BCUT2D eigenvalue weighted by atomic mass is 16.5. The zero-order valence-corrected chi connectivity index (χ0v) is 20.1. The maximum atomic E-state index is 11.6. The quantitative estimate of drug-likeness (QED) is 0.346. The van der Waals surface area contributed by atoms with Crippen molar-refractivity contribution in [3.8, 4) is 0 Å². The lowest BCUT2D eigenvalue weighted by Crippen LogP contribution is -2.50. The zero-order valence-electron chi connectivity index (χ0n) is 20.1. The maximum Gasteiger partial charge on any atom is 0.231 e. The molecule has 2 unspecified atom stereocenters. The molecule has 11 heteroatoms. The van der Waals surface area contributed by atoms with Gasteiger partial charge in [-0.1, -0.05) is 6.42 Å². The predicted octanol–water partition coefficient (Wildman–Crippen LogP) is -2.13. The van der Waals surface area contributed by atoms with Gasteiger partial charge in [-0.3, -0.25) is 29.1 Å². The average Bonchev–Trinajstić information content (AvgIpc) is 2.74. The molecule has 0 bridgehead atoms. The van der Waals surface area contributed by atoms with Crippen molar-refractivity contribution in [3.63, 3.8) is 0 Å². The highest BCUT2D eigenvalue weighted by Gasteiger charge is 2.25. The van der Waals surface area contributed by atoms with Gasteiger partial charge in [-0.05, 0) is 25.2 Å². The summed E-state index contributed by atoms with van der Waals surface area (Å²) in [5.41, 5.74) is 16.4. The standard InChI is InChI=1S/C22H43N7O4/c1-33-19-4-2-3-18(13-19)14-26-5-7-27(15-20(23)30)9-11-29(17-22(25)32)12-10-28(8-6-26)16-21(24)31/h18-19H,2-17H2,1H3,(H2,23,30)(H2,24,31)(H2,25,32). The Morgan fingerprint density at radius 2 is 1.09 bits per heavy atom. The van der Waals surface area contributed by atoms with E-state index in [4.69, 9.17) is 21.9 Å². The molecular formula is C22H43N7O4. The molecule has 3 amide bonds. The topological polar surface area (TPSA) is 151 Å². The third-order valence-corrected chi connectivity index (χ3v) is 6.65. The van der Waals surface area contributed by atoms with E-state index in [9.17, 15) is 14.4 Å². The number of hydrogen-bond acceptors (Lipinski definition) is 8. The van der Waals surface area contributed by atoms with Gasteiger partial charge >= 0.3 is 0 Å². The molecule has 1 saturated heterocycles. The van der Waals surface area contributed by atoms with Crippen LogP contribution in [0.1, 0.15) is 25.7 Å². The van der Waals surface area contributed by atoms with Crippen LogP contribution in [0.5, 0.6) is 0 Å². The van der Waals surface area contributed by atoms with Gasteiger partial charge in [0.15, 0.2) is 0 Å². The lowest BCUT2D eigenvalue weighted by Gasteiger charge is -2.36. The van der Waals surface area contributed by atoms with E-state index < -0.39 is 5.91 Å². The van der Waals surface area contributed by atoms with Gasteiger partial charge in [0.1, 0.15) is 0 Å². The second-order valence-electron chi connectivity index (χ2n) is 9.42. The lowest BCUT2D eigenvalue weighted by atomic mass is 9.87. The average molecular weight is 470 g/mol. The molecule has 1 heterocycles. The van der Waals surface area contributed by atoms with Crippen LogP contribution < -0.4 is 17.2 Å². The first-order valence-corrected chi connectivity index (χ1v) is 12.0. The van der Waals surface area contributed by atoms with Crippen molar-refractivity contribution in [2.45, 2.75) is 31.8 Å². The second-order valence-corrected chi connectivity index (χ2v) is 9.42. The maximum absolute atomic E-state index is 11.6. The molecule has 11 nitrogen and oxygen atoms in total. The molecule has 0 aromatic rings. The largest absolute Gasteiger partial charge is 0.381 e. The monoisotopic (exact) mass is 469 g/mol. The minimum atomic E-state index is -0.405. The number of hydrogen-bond donors (Lipinski definition) is 3. The normalized spacial score (nSPS) is 25.7. The summed E-state index contributed by atoms with van der Waals surface area (Å²) < 4.78 is 5.61. The smallest absolute Gasteiger partial charge is 0.231 e. The molecule has 0 aromatic carbocycles. The Hall–Kier alpha value is -1.79. The van der Waals surface area contributed by atoms with E-state index in [-0.39, 0.29) is 31.4 Å². The number of rotatable bonds is 9. The molecule has 190 valence electrons. The number of amides is 3. The highest BCUT2D eigenvalue weighted by Crippen LogP contribution is 2.26. The van der Waals surface area contributed by atoms with Gasteiger partial charge in [-0.2, -0.15) is 0 Å². The fourth-order valence-corrected chi connectivity index (χ4v) is 4.88. The Morgan fingerprint density at radius 1 is 0.697 bits per heavy atom. The summed E-state index contributed by atoms with van der Waals surface area (Å²) in [6.45, 7) is 6.81. The number of primary amides is 3. The summed E-state index contributed by atoms with van der Waals surface area (Å²) in [4.78, 5) is 43.3. The number of ether oxygens (including phenoxy) is 1. The minimum Gasteiger partial charge on any atom is -0.381 e. The summed E-state index contributed by atoms with van der Waals surface area (Å²) in [7, 11) is 1.79. The van der Waals surface area contributed by atoms with Gasteiger partial charge in [-0.15, -0.1) is 0 Å². The van der Waals surface area contributed by atoms with Gasteiger partial charge in [0.05, 0.1) is 25.7 Å². The molecule has 1 aliphatic heterocycles. The Kier molecular flexibility index (Phi) is 12.0. The van der Waals surface area contributed by atoms with Crippen molar-refractivity contribution in [2.75, 3.05) is 85.6 Å². The van der Waals surface area contributed by atoms with E-state index in [0.717, 1.165) is 32.5 Å². The van der Waals surface area contributed by atoms with Crippen molar-refractivity contribution in [1.29, 1.82) is 0 Å². The molecule has 0 spiro atoms. The summed E-state index contributed by atoms with van der Waals surface area (Å²) >= 11 is 0. The summed E-state index contributed by atoms with van der Waals surface area (Å²) in [6.07, 6.45) is 4.87. The van der Waals surface area contributed by atoms with E-state index in [1.54, 1.807) is 7.11 Å². The Labute approximate surface area is 197 Å². The van der Waals surface area contributed by atoms with Gasteiger partial charge in [0, 0.05) is 66.0 Å². The van der Waals surface area contributed by atoms with Crippen LogP contribution in [0, 0.1) is 5.92 Å². The number of carbonyl (C=O) groups excluding carboxylic acids is 3. The van der Waals surface area contributed by atoms with E-state index in [0.29, 0.717) is 51.3 Å². The third kappa shape index (κ3) is 11.3. The molecule has 0 radical (unpaired) electrons. The van der Waals surface area contributed by atoms with Crippen molar-refractivity contribution in [1.82, 2.24) is 19.6 Å². The molecular weight excluding hydrogens is 426 g/mol. The molecule has 2 aliphatic rings. The Balaban J connectivity index is 2.09. The Bertz CT molecular complexity index is 604. The van der Waals surface area contributed by atoms with E-state index in [1.165, 1.54) is 12.8 Å². The van der Waals surface area contributed by atoms with Crippen molar-refractivity contribution in [3.05, 3.63) is 0 Å². The molecule has 2 rings (SSSR count). The molecule has 2 fully saturated rings. The molecule has 0 aromatic heterocycles. The van der Waals surface area contributed by atoms with Gasteiger partial charge < -0.3 is 26.8 Å². The molecule has 2 atom stereocenters. The molecule has 1 saturated carbocycles. The van der Waals surface area contributed by atoms with Crippen molar-refractivity contribution < 1.29 is 19.1 Å². The van der Waals surface area contributed by atoms with E-state index >= 15 is 0 Å². The fourth-order valence-electron chi connectivity index (χ4n) is 4.88. The van der Waals surface area contributed by atoms with Crippen LogP contribution in [0.2, 0.25) is 0 Å². The van der Waals surface area contributed by atoms with Crippen LogP contribution in [0.3, 0.4) is 0 Å². The summed E-state index contributed by atoms with van der Waals surface area (Å²) in [6, 6.07) is 0. The van der Waals surface area contributed by atoms with Crippen LogP contribution in [-0.2, 0) is 19.1 Å². The third-order valence-electron chi connectivity index (χ3n) is 6.65. The number of nitrogens with zero attached hydrogens (tertiary/aromatic N) is 4. The number of nitrogens with two attached hydrogens (primary N) is 3. The van der Waals surface area contributed by atoms with Crippen molar-refractivity contribution in [2.24, 2.45) is 23.1 Å². The summed E-state index contributed by atoms with van der Waals surface area (Å²) in [5.74, 6) is -0.564. The van der Waals surface area contributed by atoms with Crippen LogP contribution >= 0.6 is 0 Å². The predicted molar refractivity (Wildman–Crippen MR) is 126 cm³/mol. The first kappa shape index (κ1) is 27.5. The molecule has 33 heavy (non-hydrogen) atoms. The SMILES string of the molecule is COC1CCCC(CN2CCN(CC(N)=O)CCN(CC(N)=O)CCN(CC(N)=O)CC2)C1. The van der Waals surface area contributed by atoms with Gasteiger partial charge in [-0.25, -0.2) is 0 Å². The van der Waals surface area contributed by atoms with E-state index in [2.05, 4.69) is 4.90 Å². The van der Waals surface area contributed by atoms with Crippen LogP contribution in [-0.4, -0.2) is 129 Å². The highest BCUT2D eigenvalue weighted by molar-refractivity contribution is 5.76. The van der Waals surface area contributed by atoms with Gasteiger partial charge in [0.2, 0.25) is 17.7 Å². The fraction of sp³-hybridized carbons (Fsp3) is 0.864. The first-order valence-electron chi connectivity index (χ1n) is 12.0. The Morgan fingerprint density at radius 3 is 1.45 bits per heavy atom.